The third kappa shape index (κ3) is 2.86. The fourth-order valence-corrected chi connectivity index (χ4v) is 2.95. The van der Waals surface area contributed by atoms with Gasteiger partial charge in [-0.1, -0.05) is 18.2 Å². The van der Waals surface area contributed by atoms with Crippen molar-refractivity contribution >= 4 is 16.8 Å². The summed E-state index contributed by atoms with van der Waals surface area (Å²) in [6.07, 6.45) is 3.18. The molecular weight excluding hydrogens is 288 g/mol. The van der Waals surface area contributed by atoms with E-state index >= 15 is 0 Å². The van der Waals surface area contributed by atoms with Gasteiger partial charge in [0, 0.05) is 18.5 Å². The van der Waals surface area contributed by atoms with Crippen LogP contribution in [0.3, 0.4) is 0 Å². The summed E-state index contributed by atoms with van der Waals surface area (Å²) >= 11 is 0. The number of hydrogen-bond acceptors (Lipinski definition) is 4. The van der Waals surface area contributed by atoms with Gasteiger partial charge in [0.2, 0.25) is 0 Å². The highest BCUT2D eigenvalue weighted by Crippen LogP contribution is 2.24. The van der Waals surface area contributed by atoms with Crippen molar-refractivity contribution in [3.63, 3.8) is 0 Å². The number of fused-ring (bicyclic) bond motifs is 1. The lowest BCUT2D eigenvalue weighted by molar-refractivity contribution is 0.0726. The van der Waals surface area contributed by atoms with Gasteiger partial charge in [0.1, 0.15) is 0 Å². The average molecular weight is 304 g/mol. The van der Waals surface area contributed by atoms with Crippen molar-refractivity contribution in [1.82, 2.24) is 9.88 Å². The molecule has 5 heteroatoms. The molecule has 1 aromatic carbocycles. The summed E-state index contributed by atoms with van der Waals surface area (Å²) in [7, 11) is 0. The molecule has 0 atom stereocenters. The molecule has 2 aromatic rings. The van der Waals surface area contributed by atoms with Crippen LogP contribution in [0.4, 0.5) is 0 Å². The zero-order chi connectivity index (χ0) is 16.2. The van der Waals surface area contributed by atoms with Crippen molar-refractivity contribution in [3.8, 4) is 12.1 Å². The molecule has 3 rings (SSSR count). The van der Waals surface area contributed by atoms with Gasteiger partial charge in [-0.2, -0.15) is 10.5 Å². The Labute approximate surface area is 134 Å². The molecule has 1 aliphatic heterocycles. The summed E-state index contributed by atoms with van der Waals surface area (Å²) < 4.78 is 0. The minimum atomic E-state index is -0.965. The first-order valence-corrected chi connectivity index (χ1v) is 7.73. The first-order valence-electron chi connectivity index (χ1n) is 7.73. The number of nitriles is 2. The van der Waals surface area contributed by atoms with E-state index in [1.807, 2.05) is 35.2 Å². The normalized spacial score (nSPS) is 14.5. The van der Waals surface area contributed by atoms with E-state index in [0.29, 0.717) is 16.8 Å². The van der Waals surface area contributed by atoms with E-state index in [0.717, 1.165) is 37.7 Å². The number of benzene rings is 1. The van der Waals surface area contributed by atoms with Crippen LogP contribution in [0.15, 0.2) is 30.3 Å². The Hall–Kier alpha value is -2.92. The molecule has 114 valence electrons. The van der Waals surface area contributed by atoms with Crippen molar-refractivity contribution in [2.75, 3.05) is 13.1 Å². The highest BCUT2D eigenvalue weighted by molar-refractivity contribution is 6.06. The molecule has 1 saturated heterocycles. The molecule has 0 N–H and O–H groups in total. The minimum absolute atomic E-state index is 0.0424. The van der Waals surface area contributed by atoms with Crippen LogP contribution in [0.25, 0.3) is 10.9 Å². The summed E-state index contributed by atoms with van der Waals surface area (Å²) in [6.45, 7) is 1.51. The summed E-state index contributed by atoms with van der Waals surface area (Å²) in [5.74, 6) is -1.01. The number of nitrogens with zero attached hydrogens (tertiary/aromatic N) is 4. The van der Waals surface area contributed by atoms with Gasteiger partial charge >= 0.3 is 0 Å². The molecule has 1 aromatic heterocycles. The average Bonchev–Trinajstić information content (AvgIpc) is 2.62. The third-order valence-electron chi connectivity index (χ3n) is 4.16. The SMILES string of the molecule is N#CC(C#N)c1cc(C(=O)N2CCCCC2)c2ccccc2n1. The third-order valence-corrected chi connectivity index (χ3v) is 4.16. The fraction of sp³-hybridized carbons (Fsp3) is 0.333. The maximum absolute atomic E-state index is 12.9. The van der Waals surface area contributed by atoms with E-state index in [2.05, 4.69) is 4.98 Å². The fourth-order valence-electron chi connectivity index (χ4n) is 2.95. The number of pyridine rings is 1. The zero-order valence-electron chi connectivity index (χ0n) is 12.7. The second-order valence-corrected chi connectivity index (χ2v) is 5.66. The van der Waals surface area contributed by atoms with E-state index < -0.39 is 5.92 Å². The maximum atomic E-state index is 12.9. The first kappa shape index (κ1) is 15.0. The number of carbonyl (C=O) groups is 1. The summed E-state index contributed by atoms with van der Waals surface area (Å²) in [5.41, 5.74) is 1.51. The van der Waals surface area contributed by atoms with Crippen LogP contribution < -0.4 is 0 Å². The van der Waals surface area contributed by atoms with Gasteiger partial charge in [-0.25, -0.2) is 0 Å². The molecule has 0 bridgehead atoms. The Kier molecular flexibility index (Phi) is 4.21. The van der Waals surface area contributed by atoms with Crippen LogP contribution >= 0.6 is 0 Å². The lowest BCUT2D eigenvalue weighted by Gasteiger charge is -2.27. The molecule has 23 heavy (non-hydrogen) atoms. The van der Waals surface area contributed by atoms with Crippen LogP contribution in [0, 0.1) is 22.7 Å². The van der Waals surface area contributed by atoms with Gasteiger partial charge in [0.05, 0.1) is 28.9 Å². The quantitative estimate of drug-likeness (QED) is 0.854. The Morgan fingerprint density at radius 2 is 1.83 bits per heavy atom. The molecule has 5 nitrogen and oxygen atoms in total. The maximum Gasteiger partial charge on any atom is 0.254 e. The topological polar surface area (TPSA) is 80.8 Å². The lowest BCUT2D eigenvalue weighted by atomic mass is 10.0. The second-order valence-electron chi connectivity index (χ2n) is 5.66. The predicted molar refractivity (Wildman–Crippen MR) is 85.5 cm³/mol. The van der Waals surface area contributed by atoms with E-state index in [9.17, 15) is 4.79 Å². The molecule has 0 spiro atoms. The van der Waals surface area contributed by atoms with Gasteiger partial charge in [-0.3, -0.25) is 9.78 Å². The number of aromatic nitrogens is 1. The van der Waals surface area contributed by atoms with Crippen molar-refractivity contribution in [2.24, 2.45) is 0 Å². The molecule has 0 saturated carbocycles. The van der Waals surface area contributed by atoms with Crippen molar-refractivity contribution in [2.45, 2.75) is 25.2 Å². The highest BCUT2D eigenvalue weighted by atomic mass is 16.2. The van der Waals surface area contributed by atoms with Gasteiger partial charge in [0.25, 0.3) is 5.91 Å². The summed E-state index contributed by atoms with van der Waals surface area (Å²) in [4.78, 5) is 19.1. The predicted octanol–water partition coefficient (Wildman–Crippen LogP) is 2.99. The van der Waals surface area contributed by atoms with Crippen molar-refractivity contribution in [1.29, 1.82) is 10.5 Å². The standard InChI is InChI=1S/C18H16N4O/c19-11-13(12-20)17-10-15(14-6-2-3-7-16(14)21-17)18(23)22-8-4-1-5-9-22/h2-3,6-7,10,13H,1,4-5,8-9H2. The number of para-hydroxylation sites is 1. The van der Waals surface area contributed by atoms with E-state index in [1.165, 1.54) is 0 Å². The molecule has 0 aliphatic carbocycles. The first-order chi connectivity index (χ1) is 11.2. The van der Waals surface area contributed by atoms with Crippen LogP contribution in [-0.4, -0.2) is 28.9 Å². The van der Waals surface area contributed by atoms with E-state index in [4.69, 9.17) is 10.5 Å². The number of hydrogen-bond donors (Lipinski definition) is 0. The molecule has 1 aliphatic rings. The molecular formula is C18H16N4O. The number of amides is 1. The van der Waals surface area contributed by atoms with Crippen LogP contribution in [-0.2, 0) is 0 Å². The lowest BCUT2D eigenvalue weighted by Crippen LogP contribution is -2.35. The Balaban J connectivity index is 2.12. The summed E-state index contributed by atoms with van der Waals surface area (Å²) in [6, 6.07) is 12.8. The van der Waals surface area contributed by atoms with Crippen LogP contribution in [0.5, 0.6) is 0 Å². The van der Waals surface area contributed by atoms with Gasteiger partial charge in [-0.05, 0) is 31.4 Å². The Morgan fingerprint density at radius 1 is 1.13 bits per heavy atom. The molecule has 1 amide bonds. The van der Waals surface area contributed by atoms with Crippen LogP contribution in [0.2, 0.25) is 0 Å². The smallest absolute Gasteiger partial charge is 0.254 e. The van der Waals surface area contributed by atoms with E-state index in [-0.39, 0.29) is 5.91 Å². The largest absolute Gasteiger partial charge is 0.339 e. The zero-order valence-corrected chi connectivity index (χ0v) is 12.7. The number of likely N-dealkylation sites (tertiary alicyclic amines) is 1. The van der Waals surface area contributed by atoms with E-state index in [1.54, 1.807) is 12.1 Å². The Morgan fingerprint density at radius 3 is 2.52 bits per heavy atom. The van der Waals surface area contributed by atoms with Gasteiger partial charge in [-0.15, -0.1) is 0 Å². The Bertz CT molecular complexity index is 811. The number of piperidine rings is 1. The molecule has 0 radical (unpaired) electrons. The molecule has 2 heterocycles. The van der Waals surface area contributed by atoms with Crippen molar-refractivity contribution in [3.05, 3.63) is 41.6 Å². The highest BCUT2D eigenvalue weighted by Gasteiger charge is 2.23. The monoisotopic (exact) mass is 304 g/mol. The van der Waals surface area contributed by atoms with Crippen LogP contribution in [0.1, 0.15) is 41.2 Å². The number of rotatable bonds is 2. The molecule has 0 unspecified atom stereocenters. The summed E-state index contributed by atoms with van der Waals surface area (Å²) in [5, 5.41) is 19.0. The molecule has 1 fully saturated rings. The number of carbonyl (C=O) groups excluding carboxylic acids is 1. The van der Waals surface area contributed by atoms with Crippen molar-refractivity contribution < 1.29 is 4.79 Å². The van der Waals surface area contributed by atoms with Gasteiger partial charge in [0.15, 0.2) is 5.92 Å². The second kappa shape index (κ2) is 6.46. The van der Waals surface area contributed by atoms with Gasteiger partial charge < -0.3 is 4.90 Å². The minimum Gasteiger partial charge on any atom is -0.339 e.